The fourth-order valence-electron chi connectivity index (χ4n) is 2.28. The second-order valence-corrected chi connectivity index (χ2v) is 8.15. The molecule has 1 amide bonds. The maximum atomic E-state index is 12.5. The van der Waals surface area contributed by atoms with Gasteiger partial charge in [0.1, 0.15) is 5.01 Å². The highest BCUT2D eigenvalue weighted by Crippen LogP contribution is 2.25. The predicted octanol–water partition coefficient (Wildman–Crippen LogP) is 4.07. The Balaban J connectivity index is 2.26. The van der Waals surface area contributed by atoms with E-state index in [-0.39, 0.29) is 17.6 Å². The highest BCUT2D eigenvalue weighted by Gasteiger charge is 2.27. The minimum absolute atomic E-state index is 0.0532. The van der Waals surface area contributed by atoms with Gasteiger partial charge in [0.2, 0.25) is 5.91 Å². The molecule has 0 aliphatic rings. The van der Waals surface area contributed by atoms with Crippen molar-refractivity contribution in [3.8, 4) is 0 Å². The van der Waals surface area contributed by atoms with Crippen LogP contribution in [0.5, 0.6) is 0 Å². The zero-order valence-corrected chi connectivity index (χ0v) is 16.8. The van der Waals surface area contributed by atoms with Gasteiger partial charge < -0.3 is 10.1 Å². The van der Waals surface area contributed by atoms with Crippen molar-refractivity contribution in [3.63, 3.8) is 0 Å². The zero-order valence-electron chi connectivity index (χ0n) is 16.0. The van der Waals surface area contributed by atoms with E-state index in [2.05, 4.69) is 10.3 Å². The van der Waals surface area contributed by atoms with E-state index >= 15 is 0 Å². The van der Waals surface area contributed by atoms with E-state index in [0.29, 0.717) is 18.0 Å². The third-order valence-electron chi connectivity index (χ3n) is 3.85. The summed E-state index contributed by atoms with van der Waals surface area (Å²) in [5.74, 6) is -0.492. The van der Waals surface area contributed by atoms with Gasteiger partial charge in [0.25, 0.3) is 0 Å². The average molecular weight is 375 g/mol. The number of nitrogens with zero attached hydrogens (tertiary/aromatic N) is 1. The molecule has 0 radical (unpaired) electrons. The van der Waals surface area contributed by atoms with E-state index in [0.717, 1.165) is 5.56 Å². The summed E-state index contributed by atoms with van der Waals surface area (Å²) in [7, 11) is 0. The molecular weight excluding hydrogens is 348 g/mol. The molecular formula is C20H26N2O3S. The third-order valence-corrected chi connectivity index (χ3v) is 4.81. The predicted molar refractivity (Wildman–Crippen MR) is 103 cm³/mol. The van der Waals surface area contributed by atoms with E-state index in [4.69, 9.17) is 4.74 Å². The topological polar surface area (TPSA) is 68.3 Å². The van der Waals surface area contributed by atoms with Crippen LogP contribution in [-0.2, 0) is 16.0 Å². The summed E-state index contributed by atoms with van der Waals surface area (Å²) in [6.45, 7) is 9.72. The van der Waals surface area contributed by atoms with Crippen LogP contribution in [0.25, 0.3) is 0 Å². The zero-order chi connectivity index (χ0) is 19.3. The summed E-state index contributed by atoms with van der Waals surface area (Å²) in [5, 5.41) is 5.46. The summed E-state index contributed by atoms with van der Waals surface area (Å²) in [6.07, 6.45) is 0.609. The molecule has 0 spiro atoms. The minimum Gasteiger partial charge on any atom is -0.461 e. The summed E-state index contributed by atoms with van der Waals surface area (Å²) in [4.78, 5) is 28.8. The van der Waals surface area contributed by atoms with Crippen molar-refractivity contribution in [1.29, 1.82) is 0 Å². The van der Waals surface area contributed by atoms with Crippen LogP contribution in [0.1, 0.15) is 60.4 Å². The smallest absolute Gasteiger partial charge is 0.357 e. The standard InChI is InChI=1S/C20H26N2O3S/c1-6-25-18(23)16-12-26-17(21-16)15(22-19(24)20(3,4)5)11-14-9-7-13(2)8-10-14/h7-10,12,15H,6,11H2,1-5H3,(H,22,24)/t15-/m0/s1. The van der Waals surface area contributed by atoms with E-state index in [9.17, 15) is 9.59 Å². The number of carbonyl (C=O) groups excluding carboxylic acids is 2. The molecule has 0 bridgehead atoms. The van der Waals surface area contributed by atoms with Gasteiger partial charge in [-0.05, 0) is 25.8 Å². The van der Waals surface area contributed by atoms with Gasteiger partial charge in [-0.1, -0.05) is 50.6 Å². The second kappa shape index (κ2) is 8.45. The van der Waals surface area contributed by atoms with Gasteiger partial charge in [-0.15, -0.1) is 11.3 Å². The van der Waals surface area contributed by atoms with Crippen LogP contribution in [0, 0.1) is 12.3 Å². The van der Waals surface area contributed by atoms with Crippen LogP contribution < -0.4 is 5.32 Å². The number of hydrogen-bond acceptors (Lipinski definition) is 5. The van der Waals surface area contributed by atoms with Gasteiger partial charge in [-0.3, -0.25) is 4.79 Å². The first-order valence-electron chi connectivity index (χ1n) is 8.69. The van der Waals surface area contributed by atoms with Crippen LogP contribution >= 0.6 is 11.3 Å². The average Bonchev–Trinajstić information content (AvgIpc) is 3.05. The van der Waals surface area contributed by atoms with Gasteiger partial charge in [-0.2, -0.15) is 0 Å². The number of aryl methyl sites for hydroxylation is 1. The Hall–Kier alpha value is -2.21. The third kappa shape index (κ3) is 5.39. The van der Waals surface area contributed by atoms with Crippen LogP contribution in [0.2, 0.25) is 0 Å². The number of rotatable bonds is 6. The molecule has 2 rings (SSSR count). The molecule has 1 aromatic heterocycles. The van der Waals surface area contributed by atoms with E-state index < -0.39 is 11.4 Å². The fraction of sp³-hybridized carbons (Fsp3) is 0.450. The Morgan fingerprint density at radius 2 is 1.88 bits per heavy atom. The number of thiazole rings is 1. The number of esters is 1. The largest absolute Gasteiger partial charge is 0.461 e. The maximum Gasteiger partial charge on any atom is 0.357 e. The van der Waals surface area contributed by atoms with Crippen LogP contribution in [0.4, 0.5) is 0 Å². The molecule has 1 N–H and O–H groups in total. The lowest BCUT2D eigenvalue weighted by atomic mass is 9.94. The molecule has 0 unspecified atom stereocenters. The lowest BCUT2D eigenvalue weighted by molar-refractivity contribution is -0.129. The van der Waals surface area contributed by atoms with Gasteiger partial charge >= 0.3 is 5.97 Å². The molecule has 0 fully saturated rings. The maximum absolute atomic E-state index is 12.5. The first-order valence-corrected chi connectivity index (χ1v) is 9.57. The molecule has 1 heterocycles. The summed E-state index contributed by atoms with van der Waals surface area (Å²) < 4.78 is 5.01. The van der Waals surface area contributed by atoms with Gasteiger partial charge in [0, 0.05) is 10.8 Å². The molecule has 1 atom stereocenters. The molecule has 1 aromatic carbocycles. The second-order valence-electron chi connectivity index (χ2n) is 7.26. The minimum atomic E-state index is -0.507. The number of aromatic nitrogens is 1. The lowest BCUT2D eigenvalue weighted by Gasteiger charge is -2.23. The van der Waals surface area contributed by atoms with Crippen molar-refractivity contribution in [3.05, 3.63) is 51.5 Å². The lowest BCUT2D eigenvalue weighted by Crippen LogP contribution is -2.38. The number of carbonyl (C=O) groups is 2. The Kier molecular flexibility index (Phi) is 6.53. The molecule has 0 saturated carbocycles. The monoisotopic (exact) mass is 374 g/mol. The number of ether oxygens (including phenoxy) is 1. The first-order chi connectivity index (χ1) is 12.2. The van der Waals surface area contributed by atoms with Crippen molar-refractivity contribution in [2.24, 2.45) is 5.41 Å². The Morgan fingerprint density at radius 3 is 2.46 bits per heavy atom. The SMILES string of the molecule is CCOC(=O)c1csc([C@H](Cc2ccc(C)cc2)NC(=O)C(C)(C)C)n1. The molecule has 0 aliphatic heterocycles. The van der Waals surface area contributed by atoms with Crippen LogP contribution in [0.15, 0.2) is 29.6 Å². The van der Waals surface area contributed by atoms with E-state index in [1.165, 1.54) is 16.9 Å². The molecule has 26 heavy (non-hydrogen) atoms. The molecule has 6 heteroatoms. The normalized spacial score (nSPS) is 12.5. The highest BCUT2D eigenvalue weighted by molar-refractivity contribution is 7.09. The van der Waals surface area contributed by atoms with Crippen LogP contribution in [0.3, 0.4) is 0 Å². The van der Waals surface area contributed by atoms with Crippen molar-refractivity contribution >= 4 is 23.2 Å². The first kappa shape index (κ1) is 20.1. The van der Waals surface area contributed by atoms with Gasteiger partial charge in [0.15, 0.2) is 5.69 Å². The van der Waals surface area contributed by atoms with Crippen molar-refractivity contribution in [2.45, 2.75) is 47.1 Å². The molecule has 5 nitrogen and oxygen atoms in total. The summed E-state index contributed by atoms with van der Waals surface area (Å²) >= 11 is 1.36. The number of benzene rings is 1. The molecule has 2 aromatic rings. The molecule has 0 saturated heterocycles. The van der Waals surface area contributed by atoms with Crippen molar-refractivity contribution < 1.29 is 14.3 Å². The highest BCUT2D eigenvalue weighted by atomic mass is 32.1. The molecule has 0 aliphatic carbocycles. The number of nitrogens with one attached hydrogen (secondary N) is 1. The van der Waals surface area contributed by atoms with Crippen molar-refractivity contribution in [1.82, 2.24) is 10.3 Å². The quantitative estimate of drug-likeness (QED) is 0.774. The van der Waals surface area contributed by atoms with Crippen LogP contribution in [-0.4, -0.2) is 23.5 Å². The van der Waals surface area contributed by atoms with Gasteiger partial charge in [-0.25, -0.2) is 9.78 Å². The summed E-state index contributed by atoms with van der Waals surface area (Å²) in [5.41, 5.74) is 2.06. The number of amides is 1. The fourth-order valence-corrected chi connectivity index (χ4v) is 3.12. The molecule has 140 valence electrons. The Morgan fingerprint density at radius 1 is 1.23 bits per heavy atom. The van der Waals surface area contributed by atoms with Crippen molar-refractivity contribution in [2.75, 3.05) is 6.61 Å². The number of hydrogen-bond donors (Lipinski definition) is 1. The van der Waals surface area contributed by atoms with E-state index in [1.54, 1.807) is 12.3 Å². The summed E-state index contributed by atoms with van der Waals surface area (Å²) in [6, 6.07) is 7.89. The Bertz CT molecular complexity index is 760. The Labute approximate surface area is 158 Å². The van der Waals surface area contributed by atoms with Gasteiger partial charge in [0.05, 0.1) is 12.6 Å². The van der Waals surface area contributed by atoms with E-state index in [1.807, 2.05) is 52.0 Å².